The van der Waals surface area contributed by atoms with Crippen LogP contribution >= 0.6 is 15.9 Å². The molecule has 0 amide bonds. The molecule has 0 bridgehead atoms. The molecule has 1 aromatic rings. The third-order valence-corrected chi connectivity index (χ3v) is 2.39. The Labute approximate surface area is 98.7 Å². The van der Waals surface area contributed by atoms with Crippen LogP contribution < -0.4 is 9.47 Å². The van der Waals surface area contributed by atoms with E-state index >= 15 is 0 Å². The highest BCUT2D eigenvalue weighted by Crippen LogP contribution is 2.29. The molecule has 0 radical (unpaired) electrons. The minimum atomic E-state index is -4.75. The maximum absolute atomic E-state index is 12.0. The number of methoxy groups -OCH3 is 1. The van der Waals surface area contributed by atoms with Crippen LogP contribution in [-0.2, 0) is 5.33 Å². The Morgan fingerprint density at radius 3 is 2.50 bits per heavy atom. The van der Waals surface area contributed by atoms with Gasteiger partial charge in [0.2, 0.25) is 11.8 Å². The first kappa shape index (κ1) is 13.1. The van der Waals surface area contributed by atoms with Crippen LogP contribution in [0.15, 0.2) is 6.07 Å². The van der Waals surface area contributed by atoms with Gasteiger partial charge in [-0.3, -0.25) is 0 Å². The second-order valence-corrected chi connectivity index (χ2v) is 3.51. The number of hydrogen-bond acceptors (Lipinski definition) is 3. The van der Waals surface area contributed by atoms with Gasteiger partial charge in [-0.25, -0.2) is 0 Å². The van der Waals surface area contributed by atoms with E-state index in [-0.39, 0.29) is 5.88 Å². The van der Waals surface area contributed by atoms with Gasteiger partial charge in [0.05, 0.1) is 7.11 Å². The Balaban J connectivity index is 3.10. The predicted octanol–water partition coefficient (Wildman–Crippen LogP) is 3.19. The lowest BCUT2D eigenvalue weighted by molar-refractivity contribution is -0.276. The molecule has 0 saturated carbocycles. The van der Waals surface area contributed by atoms with Crippen molar-refractivity contribution in [1.29, 1.82) is 0 Å². The largest absolute Gasteiger partial charge is 0.574 e. The molecule has 90 valence electrons. The molecule has 1 aromatic heterocycles. The van der Waals surface area contributed by atoms with Crippen molar-refractivity contribution in [3.63, 3.8) is 0 Å². The molecule has 0 spiro atoms. The third kappa shape index (κ3) is 3.26. The average molecular weight is 300 g/mol. The van der Waals surface area contributed by atoms with Crippen molar-refractivity contribution in [1.82, 2.24) is 4.98 Å². The molecule has 0 aliphatic rings. The van der Waals surface area contributed by atoms with Gasteiger partial charge in [-0.2, -0.15) is 4.98 Å². The molecule has 0 unspecified atom stereocenters. The van der Waals surface area contributed by atoms with Crippen molar-refractivity contribution in [3.05, 3.63) is 17.2 Å². The first-order valence-corrected chi connectivity index (χ1v) is 5.35. The Hall–Kier alpha value is -0.980. The molecule has 0 aliphatic heterocycles. The van der Waals surface area contributed by atoms with E-state index in [0.29, 0.717) is 16.5 Å². The molecule has 0 saturated heterocycles. The predicted molar refractivity (Wildman–Crippen MR) is 54.8 cm³/mol. The fraction of sp³-hybridized carbons (Fsp3) is 0.444. The van der Waals surface area contributed by atoms with E-state index in [1.807, 2.05) is 0 Å². The van der Waals surface area contributed by atoms with Gasteiger partial charge in [-0.05, 0) is 12.5 Å². The fourth-order valence-corrected chi connectivity index (χ4v) is 1.83. The van der Waals surface area contributed by atoms with Crippen LogP contribution in [0.1, 0.15) is 11.1 Å². The summed E-state index contributed by atoms with van der Waals surface area (Å²) in [5.41, 5.74) is 1.31. The summed E-state index contributed by atoms with van der Waals surface area (Å²) < 4.78 is 44.5. The molecule has 1 heterocycles. The minimum Gasteiger partial charge on any atom is -0.481 e. The van der Waals surface area contributed by atoms with Crippen molar-refractivity contribution in [2.75, 3.05) is 7.11 Å². The van der Waals surface area contributed by atoms with Crippen LogP contribution in [0.2, 0.25) is 0 Å². The number of pyridine rings is 1. The molecule has 1 rings (SSSR count). The van der Waals surface area contributed by atoms with Gasteiger partial charge in [0, 0.05) is 17.0 Å². The maximum atomic E-state index is 12.0. The zero-order valence-electron chi connectivity index (χ0n) is 8.56. The van der Waals surface area contributed by atoms with Crippen molar-refractivity contribution < 1.29 is 22.6 Å². The average Bonchev–Trinajstić information content (AvgIpc) is 2.14. The zero-order chi connectivity index (χ0) is 12.3. The highest BCUT2D eigenvalue weighted by atomic mass is 79.9. The van der Waals surface area contributed by atoms with Crippen LogP contribution in [0.4, 0.5) is 13.2 Å². The van der Waals surface area contributed by atoms with Gasteiger partial charge in [-0.1, -0.05) is 15.9 Å². The summed E-state index contributed by atoms with van der Waals surface area (Å²) in [7, 11) is 1.34. The third-order valence-electron chi connectivity index (χ3n) is 1.83. The summed E-state index contributed by atoms with van der Waals surface area (Å²) in [5.74, 6) is -0.400. The second kappa shape index (κ2) is 4.90. The standard InChI is InChI=1S/C9H9BrF3NO2/c1-5-3-7(16-9(11,12)13)14-8(15-2)6(5)4-10/h3H,4H2,1-2H3. The van der Waals surface area contributed by atoms with Crippen molar-refractivity contribution in [2.45, 2.75) is 18.6 Å². The van der Waals surface area contributed by atoms with E-state index < -0.39 is 12.2 Å². The van der Waals surface area contributed by atoms with E-state index in [1.165, 1.54) is 13.2 Å². The molecule has 0 N–H and O–H groups in total. The van der Waals surface area contributed by atoms with Crippen LogP contribution in [0, 0.1) is 6.92 Å². The first-order valence-electron chi connectivity index (χ1n) is 4.23. The summed E-state index contributed by atoms with van der Waals surface area (Å²) >= 11 is 3.20. The molecule has 0 aliphatic carbocycles. The zero-order valence-corrected chi connectivity index (χ0v) is 10.1. The van der Waals surface area contributed by atoms with E-state index in [2.05, 4.69) is 25.7 Å². The van der Waals surface area contributed by atoms with Gasteiger partial charge < -0.3 is 9.47 Å². The molecular weight excluding hydrogens is 291 g/mol. The topological polar surface area (TPSA) is 31.4 Å². The fourth-order valence-electron chi connectivity index (χ4n) is 1.14. The van der Waals surface area contributed by atoms with Gasteiger partial charge in [-0.15, -0.1) is 13.2 Å². The molecule has 3 nitrogen and oxygen atoms in total. The lowest BCUT2D eigenvalue weighted by atomic mass is 10.2. The number of ether oxygens (including phenoxy) is 2. The Kier molecular flexibility index (Phi) is 4.01. The number of aryl methyl sites for hydroxylation is 1. The monoisotopic (exact) mass is 299 g/mol. The Morgan fingerprint density at radius 1 is 1.44 bits per heavy atom. The number of aromatic nitrogens is 1. The van der Waals surface area contributed by atoms with Crippen molar-refractivity contribution in [3.8, 4) is 11.8 Å². The number of halogens is 4. The summed E-state index contributed by atoms with van der Waals surface area (Å²) in [5, 5.41) is 0.446. The lowest BCUT2D eigenvalue weighted by Gasteiger charge is -2.12. The van der Waals surface area contributed by atoms with Crippen LogP contribution in [0.25, 0.3) is 0 Å². The molecule has 0 fully saturated rings. The van der Waals surface area contributed by atoms with Gasteiger partial charge >= 0.3 is 6.36 Å². The maximum Gasteiger partial charge on any atom is 0.574 e. The van der Waals surface area contributed by atoms with Crippen LogP contribution in [0.5, 0.6) is 11.8 Å². The second-order valence-electron chi connectivity index (χ2n) is 2.95. The molecule has 16 heavy (non-hydrogen) atoms. The molecule has 7 heteroatoms. The van der Waals surface area contributed by atoms with E-state index in [1.54, 1.807) is 6.92 Å². The van der Waals surface area contributed by atoms with Gasteiger partial charge in [0.1, 0.15) is 0 Å². The minimum absolute atomic E-state index is 0.121. The normalized spacial score (nSPS) is 11.4. The first-order chi connectivity index (χ1) is 7.37. The highest BCUT2D eigenvalue weighted by molar-refractivity contribution is 9.08. The van der Waals surface area contributed by atoms with Crippen molar-refractivity contribution >= 4 is 15.9 Å². The summed E-state index contributed by atoms with van der Waals surface area (Å²) in [6, 6.07) is 1.21. The van der Waals surface area contributed by atoms with Gasteiger partial charge in [0.25, 0.3) is 0 Å². The SMILES string of the molecule is COc1nc(OC(F)(F)F)cc(C)c1CBr. The summed E-state index contributed by atoms with van der Waals surface area (Å²) in [6.45, 7) is 1.66. The van der Waals surface area contributed by atoms with Crippen molar-refractivity contribution in [2.24, 2.45) is 0 Å². The summed E-state index contributed by atoms with van der Waals surface area (Å²) in [4.78, 5) is 3.61. The van der Waals surface area contributed by atoms with E-state index in [0.717, 1.165) is 0 Å². The smallest absolute Gasteiger partial charge is 0.481 e. The number of rotatable bonds is 3. The molecular formula is C9H9BrF3NO2. The molecule has 0 atom stereocenters. The molecule has 0 aromatic carbocycles. The number of hydrogen-bond donors (Lipinski definition) is 0. The Morgan fingerprint density at radius 2 is 2.06 bits per heavy atom. The quantitative estimate of drug-likeness (QED) is 0.803. The van der Waals surface area contributed by atoms with Crippen LogP contribution in [-0.4, -0.2) is 18.5 Å². The van der Waals surface area contributed by atoms with E-state index in [4.69, 9.17) is 4.74 Å². The number of alkyl halides is 4. The highest BCUT2D eigenvalue weighted by Gasteiger charge is 2.32. The lowest BCUT2D eigenvalue weighted by Crippen LogP contribution is -2.18. The van der Waals surface area contributed by atoms with Crippen LogP contribution in [0.3, 0.4) is 0 Å². The summed E-state index contributed by atoms with van der Waals surface area (Å²) in [6.07, 6.45) is -4.75. The van der Waals surface area contributed by atoms with Gasteiger partial charge in [0.15, 0.2) is 0 Å². The number of nitrogens with zero attached hydrogens (tertiary/aromatic N) is 1. The van der Waals surface area contributed by atoms with E-state index in [9.17, 15) is 13.2 Å². The Bertz CT molecular complexity index is 382.